The van der Waals surface area contributed by atoms with Crippen molar-refractivity contribution < 1.29 is 14.6 Å². The number of thioether (sulfide) groups is 1. The van der Waals surface area contributed by atoms with Gasteiger partial charge in [-0.2, -0.15) is 11.8 Å². The SMILES string of the molecule is O=C(O)C(CCCc1ccccc1)CSC1CCOCC1. The second-order valence-electron chi connectivity index (χ2n) is 5.56. The van der Waals surface area contributed by atoms with E-state index in [4.69, 9.17) is 4.74 Å². The quantitative estimate of drug-likeness (QED) is 0.797. The Bertz CT molecular complexity index is 415. The van der Waals surface area contributed by atoms with Crippen molar-refractivity contribution in [1.82, 2.24) is 0 Å². The second kappa shape index (κ2) is 9.11. The van der Waals surface area contributed by atoms with Gasteiger partial charge in [0.25, 0.3) is 0 Å². The molecule has 4 heteroatoms. The molecule has 1 aliphatic heterocycles. The van der Waals surface area contributed by atoms with Crippen LogP contribution < -0.4 is 0 Å². The molecule has 1 unspecified atom stereocenters. The van der Waals surface area contributed by atoms with Crippen LogP contribution in [-0.2, 0) is 16.0 Å². The van der Waals surface area contributed by atoms with Gasteiger partial charge in [0, 0.05) is 24.2 Å². The van der Waals surface area contributed by atoms with E-state index in [1.807, 2.05) is 30.0 Å². The molecule has 0 amide bonds. The predicted molar refractivity (Wildman–Crippen MR) is 86.8 cm³/mol. The van der Waals surface area contributed by atoms with E-state index in [0.29, 0.717) is 5.25 Å². The minimum Gasteiger partial charge on any atom is -0.481 e. The molecule has 1 heterocycles. The van der Waals surface area contributed by atoms with Crippen LogP contribution in [0.3, 0.4) is 0 Å². The lowest BCUT2D eigenvalue weighted by Crippen LogP contribution is -2.22. The number of ether oxygens (including phenoxy) is 1. The maximum atomic E-state index is 11.4. The first kappa shape index (κ1) is 16.4. The van der Waals surface area contributed by atoms with Gasteiger partial charge < -0.3 is 9.84 Å². The van der Waals surface area contributed by atoms with E-state index in [0.717, 1.165) is 51.1 Å². The van der Waals surface area contributed by atoms with Crippen LogP contribution in [0, 0.1) is 5.92 Å². The molecule has 1 saturated heterocycles. The first-order valence-corrected chi connectivity index (χ1v) is 8.76. The summed E-state index contributed by atoms with van der Waals surface area (Å²) in [6.45, 7) is 1.65. The molecular weight excluding hydrogens is 284 g/mol. The maximum Gasteiger partial charge on any atom is 0.307 e. The van der Waals surface area contributed by atoms with Gasteiger partial charge in [-0.25, -0.2) is 0 Å². The highest BCUT2D eigenvalue weighted by Gasteiger charge is 2.21. The van der Waals surface area contributed by atoms with Gasteiger partial charge >= 0.3 is 5.97 Å². The van der Waals surface area contributed by atoms with Gasteiger partial charge in [-0.05, 0) is 37.7 Å². The molecule has 0 radical (unpaired) electrons. The number of hydrogen-bond donors (Lipinski definition) is 1. The molecule has 1 aromatic rings. The number of aryl methyl sites for hydroxylation is 1. The zero-order valence-electron chi connectivity index (χ0n) is 12.4. The van der Waals surface area contributed by atoms with Crippen LogP contribution in [0.1, 0.15) is 31.2 Å². The largest absolute Gasteiger partial charge is 0.481 e. The second-order valence-corrected chi connectivity index (χ2v) is 6.89. The number of aliphatic carboxylic acids is 1. The average molecular weight is 308 g/mol. The van der Waals surface area contributed by atoms with E-state index in [2.05, 4.69) is 12.1 Å². The summed E-state index contributed by atoms with van der Waals surface area (Å²) in [7, 11) is 0. The number of benzene rings is 1. The normalized spacial score (nSPS) is 17.5. The van der Waals surface area contributed by atoms with Crippen molar-refractivity contribution in [1.29, 1.82) is 0 Å². The molecule has 2 rings (SSSR count). The molecule has 0 aliphatic carbocycles. The molecule has 1 N–H and O–H groups in total. The number of carboxylic acid groups (broad SMARTS) is 1. The van der Waals surface area contributed by atoms with Crippen LogP contribution in [-0.4, -0.2) is 35.3 Å². The molecule has 1 aromatic carbocycles. The highest BCUT2D eigenvalue weighted by Crippen LogP contribution is 2.26. The van der Waals surface area contributed by atoms with E-state index >= 15 is 0 Å². The standard InChI is InChI=1S/C17H24O3S/c18-17(19)15(13-21-16-9-11-20-12-10-16)8-4-7-14-5-2-1-3-6-14/h1-3,5-6,15-16H,4,7-13H2,(H,18,19). The Balaban J connectivity index is 1.70. The number of hydrogen-bond acceptors (Lipinski definition) is 3. The van der Waals surface area contributed by atoms with E-state index in [-0.39, 0.29) is 5.92 Å². The van der Waals surface area contributed by atoms with Crippen molar-refractivity contribution in [3.63, 3.8) is 0 Å². The lowest BCUT2D eigenvalue weighted by atomic mass is 10.0. The Hall–Kier alpha value is -1.00. The summed E-state index contributed by atoms with van der Waals surface area (Å²) in [6, 6.07) is 10.3. The van der Waals surface area contributed by atoms with Crippen molar-refractivity contribution in [2.45, 2.75) is 37.4 Å². The maximum absolute atomic E-state index is 11.4. The minimum atomic E-state index is -0.650. The van der Waals surface area contributed by atoms with Crippen molar-refractivity contribution >= 4 is 17.7 Å². The molecule has 3 nitrogen and oxygen atoms in total. The summed E-state index contributed by atoms with van der Waals surface area (Å²) < 4.78 is 5.34. The van der Waals surface area contributed by atoms with Crippen LogP contribution in [0.25, 0.3) is 0 Å². The molecule has 0 saturated carbocycles. The first-order chi connectivity index (χ1) is 10.3. The number of carboxylic acids is 1. The molecule has 1 aliphatic rings. The molecule has 21 heavy (non-hydrogen) atoms. The molecule has 1 atom stereocenters. The third-order valence-corrected chi connectivity index (χ3v) is 5.45. The molecule has 116 valence electrons. The summed E-state index contributed by atoms with van der Waals surface area (Å²) in [6.07, 6.45) is 4.78. The molecule has 1 fully saturated rings. The van der Waals surface area contributed by atoms with E-state index < -0.39 is 5.97 Å². The number of carbonyl (C=O) groups is 1. The van der Waals surface area contributed by atoms with E-state index in [1.54, 1.807) is 0 Å². The summed E-state index contributed by atoms with van der Waals surface area (Å²) in [5, 5.41) is 9.94. The summed E-state index contributed by atoms with van der Waals surface area (Å²) >= 11 is 1.82. The smallest absolute Gasteiger partial charge is 0.307 e. The predicted octanol–water partition coefficient (Wildman–Crippen LogP) is 3.62. The average Bonchev–Trinajstić information content (AvgIpc) is 2.52. The molecular formula is C17H24O3S. The monoisotopic (exact) mass is 308 g/mol. The van der Waals surface area contributed by atoms with Crippen molar-refractivity contribution in [3.8, 4) is 0 Å². The van der Waals surface area contributed by atoms with Crippen LogP contribution in [0.2, 0.25) is 0 Å². The van der Waals surface area contributed by atoms with Gasteiger partial charge in [-0.3, -0.25) is 4.79 Å². The molecule has 0 spiro atoms. The topological polar surface area (TPSA) is 46.5 Å². The van der Waals surface area contributed by atoms with Crippen molar-refractivity contribution in [2.24, 2.45) is 5.92 Å². The zero-order valence-corrected chi connectivity index (χ0v) is 13.2. The van der Waals surface area contributed by atoms with Gasteiger partial charge in [0.05, 0.1) is 5.92 Å². The third kappa shape index (κ3) is 6.10. The summed E-state index contributed by atoms with van der Waals surface area (Å²) in [5.74, 6) is -0.140. The molecule has 0 bridgehead atoms. The minimum absolute atomic E-state index is 0.221. The highest BCUT2D eigenvalue weighted by atomic mass is 32.2. The van der Waals surface area contributed by atoms with Crippen LogP contribution >= 0.6 is 11.8 Å². The Morgan fingerprint density at radius 1 is 1.29 bits per heavy atom. The van der Waals surface area contributed by atoms with Crippen LogP contribution in [0.4, 0.5) is 0 Å². The van der Waals surface area contributed by atoms with Gasteiger partial charge in [0.2, 0.25) is 0 Å². The van der Waals surface area contributed by atoms with Gasteiger partial charge in [0.1, 0.15) is 0 Å². The lowest BCUT2D eigenvalue weighted by Gasteiger charge is -2.23. The van der Waals surface area contributed by atoms with Crippen molar-refractivity contribution in [2.75, 3.05) is 19.0 Å². The molecule has 0 aromatic heterocycles. The third-order valence-electron chi connectivity index (χ3n) is 3.91. The Kier molecular flexibility index (Phi) is 7.10. The summed E-state index contributed by atoms with van der Waals surface area (Å²) in [4.78, 5) is 11.4. The highest BCUT2D eigenvalue weighted by molar-refractivity contribution is 7.99. The van der Waals surface area contributed by atoms with Gasteiger partial charge in [0.15, 0.2) is 0 Å². The number of rotatable bonds is 8. The fourth-order valence-corrected chi connectivity index (χ4v) is 3.91. The zero-order chi connectivity index (χ0) is 14.9. The van der Waals surface area contributed by atoms with Gasteiger partial charge in [-0.1, -0.05) is 30.3 Å². The van der Waals surface area contributed by atoms with Crippen LogP contribution in [0.15, 0.2) is 30.3 Å². The summed E-state index contributed by atoms with van der Waals surface area (Å²) in [5.41, 5.74) is 1.29. The Morgan fingerprint density at radius 2 is 2.00 bits per heavy atom. The fourth-order valence-electron chi connectivity index (χ4n) is 2.57. The van der Waals surface area contributed by atoms with Gasteiger partial charge in [-0.15, -0.1) is 0 Å². The lowest BCUT2D eigenvalue weighted by molar-refractivity contribution is -0.141. The Labute approximate surface area is 131 Å². The fraction of sp³-hybridized carbons (Fsp3) is 0.588. The van der Waals surface area contributed by atoms with Crippen LogP contribution in [0.5, 0.6) is 0 Å². The Morgan fingerprint density at radius 3 is 2.67 bits per heavy atom. The first-order valence-electron chi connectivity index (χ1n) is 7.72. The van der Waals surface area contributed by atoms with Crippen molar-refractivity contribution in [3.05, 3.63) is 35.9 Å². The van der Waals surface area contributed by atoms with E-state index in [1.165, 1.54) is 5.56 Å². The van der Waals surface area contributed by atoms with E-state index in [9.17, 15) is 9.90 Å².